The molecule has 1 aliphatic rings. The van der Waals surface area contributed by atoms with Crippen molar-refractivity contribution in [2.45, 2.75) is 18.8 Å². The molecule has 2 aromatic heterocycles. The molecule has 1 aromatic carbocycles. The Labute approximate surface area is 129 Å². The SMILES string of the molecule is N#Cc1ccc(NC(=O)c2nn3c(C4CC4)nnc3s2)cc1. The van der Waals surface area contributed by atoms with Crippen molar-refractivity contribution in [2.75, 3.05) is 5.32 Å². The largest absolute Gasteiger partial charge is 0.320 e. The third kappa shape index (κ3) is 2.21. The first-order valence-electron chi connectivity index (χ1n) is 6.78. The first-order valence-corrected chi connectivity index (χ1v) is 7.60. The Morgan fingerprint density at radius 2 is 2.09 bits per heavy atom. The van der Waals surface area contributed by atoms with E-state index < -0.39 is 0 Å². The van der Waals surface area contributed by atoms with Crippen molar-refractivity contribution in [3.05, 3.63) is 40.7 Å². The van der Waals surface area contributed by atoms with E-state index in [-0.39, 0.29) is 5.91 Å². The van der Waals surface area contributed by atoms with Crippen LogP contribution in [-0.2, 0) is 0 Å². The molecule has 1 N–H and O–H groups in total. The zero-order chi connectivity index (χ0) is 15.1. The lowest BCUT2D eigenvalue weighted by molar-refractivity contribution is 0.102. The van der Waals surface area contributed by atoms with Gasteiger partial charge in [-0.25, -0.2) is 0 Å². The van der Waals surface area contributed by atoms with Crippen molar-refractivity contribution < 1.29 is 4.79 Å². The van der Waals surface area contributed by atoms with Crippen LogP contribution in [0.5, 0.6) is 0 Å². The Kier molecular flexibility index (Phi) is 2.87. The van der Waals surface area contributed by atoms with Gasteiger partial charge in [-0.05, 0) is 37.1 Å². The van der Waals surface area contributed by atoms with Gasteiger partial charge in [-0.15, -0.1) is 15.3 Å². The lowest BCUT2D eigenvalue weighted by atomic mass is 10.2. The molecule has 3 aromatic rings. The molecule has 0 radical (unpaired) electrons. The summed E-state index contributed by atoms with van der Waals surface area (Å²) in [6.45, 7) is 0. The predicted molar refractivity (Wildman–Crippen MR) is 79.7 cm³/mol. The van der Waals surface area contributed by atoms with E-state index in [1.54, 1.807) is 28.8 Å². The summed E-state index contributed by atoms with van der Waals surface area (Å²) in [7, 11) is 0. The third-order valence-electron chi connectivity index (χ3n) is 3.42. The van der Waals surface area contributed by atoms with E-state index in [0.29, 0.717) is 27.1 Å². The average molecular weight is 310 g/mol. The topological polar surface area (TPSA) is 96.0 Å². The molecule has 2 heterocycles. The van der Waals surface area contributed by atoms with E-state index in [9.17, 15) is 4.79 Å². The Bertz CT molecular complexity index is 900. The highest BCUT2D eigenvalue weighted by molar-refractivity contribution is 7.18. The van der Waals surface area contributed by atoms with Crippen molar-refractivity contribution in [1.29, 1.82) is 5.26 Å². The number of amides is 1. The van der Waals surface area contributed by atoms with Crippen LogP contribution in [-0.4, -0.2) is 25.7 Å². The number of nitrogens with one attached hydrogen (secondary N) is 1. The third-order valence-corrected chi connectivity index (χ3v) is 4.32. The molecular weight excluding hydrogens is 300 g/mol. The maximum absolute atomic E-state index is 12.2. The van der Waals surface area contributed by atoms with Crippen molar-refractivity contribution >= 4 is 27.9 Å². The molecule has 0 unspecified atom stereocenters. The summed E-state index contributed by atoms with van der Waals surface area (Å²) < 4.78 is 1.66. The minimum absolute atomic E-state index is 0.290. The first kappa shape index (κ1) is 12.9. The highest BCUT2D eigenvalue weighted by Crippen LogP contribution is 2.39. The number of hydrogen-bond donors (Lipinski definition) is 1. The van der Waals surface area contributed by atoms with Crippen molar-refractivity contribution in [2.24, 2.45) is 0 Å². The highest BCUT2D eigenvalue weighted by atomic mass is 32.1. The standard InChI is InChI=1S/C14H10N6OS/c15-7-8-1-5-10(6-2-8)16-12(21)13-19-20-11(9-3-4-9)17-18-14(20)22-13/h1-2,5-6,9H,3-4H2,(H,16,21). The van der Waals surface area contributed by atoms with Crippen LogP contribution in [0.15, 0.2) is 24.3 Å². The van der Waals surface area contributed by atoms with Crippen LogP contribution in [0.4, 0.5) is 5.69 Å². The fourth-order valence-corrected chi connectivity index (χ4v) is 2.87. The second kappa shape index (κ2) is 4.89. The van der Waals surface area contributed by atoms with Crippen LogP contribution in [0.2, 0.25) is 0 Å². The fourth-order valence-electron chi connectivity index (χ4n) is 2.13. The van der Waals surface area contributed by atoms with Crippen LogP contribution in [0, 0.1) is 11.3 Å². The zero-order valence-electron chi connectivity index (χ0n) is 11.4. The number of anilines is 1. The molecule has 0 saturated heterocycles. The summed E-state index contributed by atoms with van der Waals surface area (Å²) in [5, 5.41) is 24.4. The van der Waals surface area contributed by atoms with Gasteiger partial charge < -0.3 is 5.32 Å². The van der Waals surface area contributed by atoms with Gasteiger partial charge in [0.05, 0.1) is 11.6 Å². The van der Waals surface area contributed by atoms with Gasteiger partial charge in [-0.3, -0.25) is 4.79 Å². The van der Waals surface area contributed by atoms with E-state index in [2.05, 4.69) is 20.6 Å². The van der Waals surface area contributed by atoms with Gasteiger partial charge in [0.15, 0.2) is 5.82 Å². The van der Waals surface area contributed by atoms with Crippen LogP contribution < -0.4 is 5.32 Å². The van der Waals surface area contributed by atoms with Crippen LogP contribution in [0.3, 0.4) is 0 Å². The fraction of sp³-hybridized carbons (Fsp3) is 0.214. The molecule has 0 atom stereocenters. The van der Waals surface area contributed by atoms with Crippen molar-refractivity contribution in [1.82, 2.24) is 19.8 Å². The number of carbonyl (C=O) groups excluding carboxylic acids is 1. The molecule has 0 spiro atoms. The minimum atomic E-state index is -0.290. The smallest absolute Gasteiger partial charge is 0.286 e. The average Bonchev–Trinajstić information content (AvgIpc) is 3.16. The van der Waals surface area contributed by atoms with Gasteiger partial charge in [0.25, 0.3) is 5.91 Å². The van der Waals surface area contributed by atoms with E-state index in [1.165, 1.54) is 11.3 Å². The van der Waals surface area contributed by atoms with Gasteiger partial charge >= 0.3 is 0 Å². The Morgan fingerprint density at radius 1 is 1.32 bits per heavy atom. The number of fused-ring (bicyclic) bond motifs is 1. The second-order valence-electron chi connectivity index (χ2n) is 5.08. The summed E-state index contributed by atoms with van der Waals surface area (Å²) in [4.78, 5) is 12.9. The lowest BCUT2D eigenvalue weighted by Gasteiger charge is -2.01. The molecule has 22 heavy (non-hydrogen) atoms. The molecule has 1 saturated carbocycles. The maximum atomic E-state index is 12.2. The predicted octanol–water partition coefficient (Wildman–Crippen LogP) is 2.19. The zero-order valence-corrected chi connectivity index (χ0v) is 12.2. The number of aromatic nitrogens is 4. The molecule has 0 bridgehead atoms. The summed E-state index contributed by atoms with van der Waals surface area (Å²) in [5.41, 5.74) is 1.17. The van der Waals surface area contributed by atoms with E-state index in [4.69, 9.17) is 5.26 Å². The number of rotatable bonds is 3. The van der Waals surface area contributed by atoms with Gasteiger partial charge in [0, 0.05) is 11.6 Å². The molecular formula is C14H10N6OS. The normalized spacial score (nSPS) is 14.0. The molecule has 0 aliphatic heterocycles. The van der Waals surface area contributed by atoms with Crippen LogP contribution in [0.1, 0.15) is 39.9 Å². The lowest BCUT2D eigenvalue weighted by Crippen LogP contribution is -2.12. The minimum Gasteiger partial charge on any atom is -0.320 e. The van der Waals surface area contributed by atoms with Gasteiger partial charge in [-0.1, -0.05) is 11.3 Å². The summed E-state index contributed by atoms with van der Waals surface area (Å²) in [6.07, 6.45) is 2.20. The monoisotopic (exact) mass is 310 g/mol. The van der Waals surface area contributed by atoms with Gasteiger partial charge in [0.1, 0.15) is 0 Å². The number of nitriles is 1. The van der Waals surface area contributed by atoms with E-state index >= 15 is 0 Å². The molecule has 108 valence electrons. The number of benzene rings is 1. The highest BCUT2D eigenvalue weighted by Gasteiger charge is 2.30. The molecule has 1 amide bonds. The number of carbonyl (C=O) groups is 1. The molecule has 8 heteroatoms. The Hall–Kier alpha value is -2.79. The maximum Gasteiger partial charge on any atom is 0.286 e. The molecule has 4 rings (SSSR count). The van der Waals surface area contributed by atoms with Gasteiger partial charge in [-0.2, -0.15) is 9.78 Å². The first-order chi connectivity index (χ1) is 10.7. The Morgan fingerprint density at radius 3 is 2.77 bits per heavy atom. The van der Waals surface area contributed by atoms with Gasteiger partial charge in [0.2, 0.25) is 9.97 Å². The quantitative estimate of drug-likeness (QED) is 0.800. The van der Waals surface area contributed by atoms with E-state index in [1.807, 2.05) is 6.07 Å². The second-order valence-corrected chi connectivity index (χ2v) is 6.03. The molecule has 7 nitrogen and oxygen atoms in total. The molecule has 1 aliphatic carbocycles. The Balaban J connectivity index is 1.58. The number of hydrogen-bond acceptors (Lipinski definition) is 6. The summed E-state index contributed by atoms with van der Waals surface area (Å²) >= 11 is 1.21. The van der Waals surface area contributed by atoms with Crippen molar-refractivity contribution in [3.8, 4) is 6.07 Å². The van der Waals surface area contributed by atoms with Crippen molar-refractivity contribution in [3.63, 3.8) is 0 Å². The molecule has 1 fully saturated rings. The summed E-state index contributed by atoms with van der Waals surface area (Å²) in [6, 6.07) is 8.71. The summed E-state index contributed by atoms with van der Waals surface area (Å²) in [5.74, 6) is 0.970. The number of nitrogens with zero attached hydrogens (tertiary/aromatic N) is 5. The van der Waals surface area contributed by atoms with Crippen LogP contribution in [0.25, 0.3) is 4.96 Å². The van der Waals surface area contributed by atoms with Crippen LogP contribution >= 0.6 is 11.3 Å². The van der Waals surface area contributed by atoms with E-state index in [0.717, 1.165) is 18.7 Å².